The van der Waals surface area contributed by atoms with Crippen molar-refractivity contribution in [1.82, 2.24) is 15.5 Å². The fourth-order valence-electron chi connectivity index (χ4n) is 2.09. The second-order valence-electron chi connectivity index (χ2n) is 4.99. The van der Waals surface area contributed by atoms with Gasteiger partial charge in [0.15, 0.2) is 6.61 Å². The minimum Gasteiger partial charge on any atom is -0.485 e. The van der Waals surface area contributed by atoms with E-state index in [0.717, 1.165) is 25.1 Å². The van der Waals surface area contributed by atoms with E-state index in [1.165, 1.54) is 5.56 Å². The van der Waals surface area contributed by atoms with Crippen LogP contribution in [0.5, 0.6) is 5.75 Å². The maximum atomic E-state index is 5.67. The van der Waals surface area contributed by atoms with E-state index in [1.807, 2.05) is 12.1 Å². The van der Waals surface area contributed by atoms with Gasteiger partial charge in [-0.1, -0.05) is 31.1 Å². The predicted octanol–water partition coefficient (Wildman–Crippen LogP) is 3.27. The van der Waals surface area contributed by atoms with E-state index < -0.39 is 0 Å². The van der Waals surface area contributed by atoms with Crippen molar-refractivity contribution in [2.24, 2.45) is 0 Å². The minimum absolute atomic E-state index is 0.329. The Bertz CT molecular complexity index is 537. The van der Waals surface area contributed by atoms with Crippen LogP contribution in [0.2, 0.25) is 0 Å². The molecule has 0 spiro atoms. The third kappa shape index (κ3) is 4.56. The monoisotopic (exact) mass is 289 g/mol. The molecule has 1 aromatic carbocycles. The van der Waals surface area contributed by atoms with E-state index in [-0.39, 0.29) is 0 Å². The molecule has 1 aromatic heterocycles. The summed E-state index contributed by atoms with van der Waals surface area (Å²) in [6.45, 7) is 7.61. The van der Waals surface area contributed by atoms with Gasteiger partial charge in [0.1, 0.15) is 5.75 Å². The van der Waals surface area contributed by atoms with E-state index in [0.29, 0.717) is 24.4 Å². The molecule has 0 fully saturated rings. The van der Waals surface area contributed by atoms with Crippen molar-refractivity contribution in [3.8, 4) is 5.75 Å². The zero-order chi connectivity index (χ0) is 15.1. The molecule has 0 saturated carbocycles. The molecule has 0 aliphatic heterocycles. The van der Waals surface area contributed by atoms with E-state index in [4.69, 9.17) is 9.26 Å². The molecule has 1 heterocycles. The summed E-state index contributed by atoms with van der Waals surface area (Å²) in [5.74, 6) is 2.07. The van der Waals surface area contributed by atoms with Gasteiger partial charge in [-0.05, 0) is 37.6 Å². The van der Waals surface area contributed by atoms with Crippen LogP contribution in [0.4, 0.5) is 0 Å². The lowest BCUT2D eigenvalue weighted by Crippen LogP contribution is -2.17. The van der Waals surface area contributed by atoms with Crippen LogP contribution in [0.1, 0.15) is 50.5 Å². The van der Waals surface area contributed by atoms with Gasteiger partial charge < -0.3 is 14.6 Å². The Hall–Kier alpha value is -1.88. The lowest BCUT2D eigenvalue weighted by atomic mass is 10.1. The lowest BCUT2D eigenvalue weighted by molar-refractivity contribution is 0.285. The molecule has 0 aliphatic rings. The van der Waals surface area contributed by atoms with E-state index in [9.17, 15) is 0 Å². The van der Waals surface area contributed by atoms with Crippen molar-refractivity contribution in [1.29, 1.82) is 0 Å². The molecular weight excluding hydrogens is 266 g/mol. The van der Waals surface area contributed by atoms with Gasteiger partial charge in [-0.3, -0.25) is 0 Å². The Morgan fingerprint density at radius 2 is 2.00 bits per heavy atom. The van der Waals surface area contributed by atoms with Gasteiger partial charge >= 0.3 is 0 Å². The maximum Gasteiger partial charge on any atom is 0.226 e. The molecule has 1 unspecified atom stereocenters. The highest BCUT2D eigenvalue weighted by Crippen LogP contribution is 2.18. The lowest BCUT2D eigenvalue weighted by Gasteiger charge is -2.13. The molecule has 0 amide bonds. The van der Waals surface area contributed by atoms with Gasteiger partial charge in [-0.2, -0.15) is 4.98 Å². The van der Waals surface area contributed by atoms with E-state index in [2.05, 4.69) is 48.4 Å². The van der Waals surface area contributed by atoms with Crippen molar-refractivity contribution in [2.45, 2.75) is 46.3 Å². The predicted molar refractivity (Wildman–Crippen MR) is 81.2 cm³/mol. The third-order valence-corrected chi connectivity index (χ3v) is 3.23. The average molecular weight is 289 g/mol. The number of ether oxygens (including phenoxy) is 1. The number of aromatic nitrogens is 2. The summed E-state index contributed by atoms with van der Waals surface area (Å²) >= 11 is 0. The zero-order valence-electron chi connectivity index (χ0n) is 12.9. The molecule has 5 heteroatoms. The number of nitrogens with zero attached hydrogens (tertiary/aromatic N) is 2. The fourth-order valence-corrected chi connectivity index (χ4v) is 2.09. The normalized spacial score (nSPS) is 12.3. The molecular formula is C16H23N3O2. The van der Waals surface area contributed by atoms with Gasteiger partial charge in [-0.25, -0.2) is 0 Å². The molecule has 0 radical (unpaired) electrons. The van der Waals surface area contributed by atoms with Crippen molar-refractivity contribution in [2.75, 3.05) is 6.54 Å². The molecule has 0 bridgehead atoms. The summed E-state index contributed by atoms with van der Waals surface area (Å²) in [5.41, 5.74) is 1.24. The highest BCUT2D eigenvalue weighted by molar-refractivity contribution is 5.29. The van der Waals surface area contributed by atoms with Gasteiger partial charge in [0.2, 0.25) is 11.7 Å². The molecule has 21 heavy (non-hydrogen) atoms. The van der Waals surface area contributed by atoms with Gasteiger partial charge in [0, 0.05) is 12.5 Å². The smallest absolute Gasteiger partial charge is 0.226 e. The van der Waals surface area contributed by atoms with Crippen LogP contribution in [0.3, 0.4) is 0 Å². The van der Waals surface area contributed by atoms with Crippen molar-refractivity contribution >= 4 is 0 Å². The fraction of sp³-hybridized carbons (Fsp3) is 0.500. The van der Waals surface area contributed by atoms with Crippen LogP contribution in [-0.2, 0) is 13.0 Å². The van der Waals surface area contributed by atoms with Gasteiger partial charge in [0.25, 0.3) is 0 Å². The Morgan fingerprint density at radius 1 is 1.24 bits per heavy atom. The Morgan fingerprint density at radius 3 is 2.67 bits per heavy atom. The topological polar surface area (TPSA) is 60.2 Å². The van der Waals surface area contributed by atoms with Gasteiger partial charge in [-0.15, -0.1) is 0 Å². The Labute approximate surface area is 125 Å². The second-order valence-corrected chi connectivity index (χ2v) is 4.99. The summed E-state index contributed by atoms with van der Waals surface area (Å²) < 4.78 is 10.8. The van der Waals surface area contributed by atoms with Crippen LogP contribution in [0.25, 0.3) is 0 Å². The molecule has 114 valence electrons. The largest absolute Gasteiger partial charge is 0.485 e. The first kappa shape index (κ1) is 15.5. The summed E-state index contributed by atoms with van der Waals surface area (Å²) in [5, 5.41) is 7.28. The van der Waals surface area contributed by atoms with Gasteiger partial charge in [0.05, 0.1) is 0 Å². The van der Waals surface area contributed by atoms with Crippen LogP contribution in [0, 0.1) is 0 Å². The molecule has 0 aliphatic carbocycles. The molecule has 5 nitrogen and oxygen atoms in total. The number of hydrogen-bond acceptors (Lipinski definition) is 5. The van der Waals surface area contributed by atoms with Crippen LogP contribution in [0.15, 0.2) is 28.8 Å². The molecule has 1 N–H and O–H groups in total. The summed E-state index contributed by atoms with van der Waals surface area (Å²) in [6, 6.07) is 8.42. The highest BCUT2D eigenvalue weighted by Gasteiger charge is 2.07. The first-order valence-electron chi connectivity index (χ1n) is 7.50. The van der Waals surface area contributed by atoms with E-state index >= 15 is 0 Å². The quantitative estimate of drug-likeness (QED) is 0.808. The van der Waals surface area contributed by atoms with Crippen molar-refractivity contribution in [3.63, 3.8) is 0 Å². The number of aryl methyl sites for hydroxylation is 1. The summed E-state index contributed by atoms with van der Waals surface area (Å²) in [4.78, 5) is 4.27. The number of hydrogen-bond donors (Lipinski definition) is 1. The first-order valence-corrected chi connectivity index (χ1v) is 7.50. The SMILES string of the molecule is CCCc1nc(COc2ccc(C(C)NCC)cc2)no1. The highest BCUT2D eigenvalue weighted by atomic mass is 16.5. The number of nitrogens with one attached hydrogen (secondary N) is 1. The number of benzene rings is 1. The second kappa shape index (κ2) is 7.78. The van der Waals surface area contributed by atoms with E-state index in [1.54, 1.807) is 0 Å². The zero-order valence-corrected chi connectivity index (χ0v) is 12.9. The van der Waals surface area contributed by atoms with Crippen molar-refractivity contribution in [3.05, 3.63) is 41.5 Å². The Kier molecular flexibility index (Phi) is 5.75. The molecule has 2 rings (SSSR count). The summed E-state index contributed by atoms with van der Waals surface area (Å²) in [7, 11) is 0. The molecule has 0 saturated heterocycles. The van der Waals surface area contributed by atoms with Crippen LogP contribution < -0.4 is 10.1 Å². The van der Waals surface area contributed by atoms with Crippen molar-refractivity contribution < 1.29 is 9.26 Å². The standard InChI is InChI=1S/C16H23N3O2/c1-4-6-16-18-15(19-21-16)11-20-14-9-7-13(8-10-14)12(3)17-5-2/h7-10,12,17H,4-6,11H2,1-3H3. The third-order valence-electron chi connectivity index (χ3n) is 3.23. The molecule has 2 aromatic rings. The number of rotatable bonds is 8. The summed E-state index contributed by atoms with van der Waals surface area (Å²) in [6.07, 6.45) is 1.80. The Balaban J connectivity index is 1.88. The maximum absolute atomic E-state index is 5.67. The van der Waals surface area contributed by atoms with Crippen LogP contribution in [-0.4, -0.2) is 16.7 Å². The minimum atomic E-state index is 0.329. The first-order chi connectivity index (χ1) is 10.2. The molecule has 1 atom stereocenters. The average Bonchev–Trinajstić information content (AvgIpc) is 2.94. The van der Waals surface area contributed by atoms with Crippen LogP contribution >= 0.6 is 0 Å².